The van der Waals surface area contributed by atoms with Gasteiger partial charge < -0.3 is 15.9 Å². The molecule has 5 N–H and O–H groups in total. The minimum Gasteiger partial charge on any atom is -0.395 e. The van der Waals surface area contributed by atoms with Crippen LogP contribution in [0.4, 0.5) is 10.1 Å². The monoisotopic (exact) mass is 376 g/mol. The van der Waals surface area contributed by atoms with E-state index in [0.29, 0.717) is 0 Å². The third-order valence-electron chi connectivity index (χ3n) is 2.17. The molecule has 1 aromatic carbocycles. The number of nitrogens with one attached hydrogen (secondary N) is 1. The summed E-state index contributed by atoms with van der Waals surface area (Å²) in [5.74, 6) is -1.15. The Kier molecular flexibility index (Phi) is 5.53. The summed E-state index contributed by atoms with van der Waals surface area (Å²) in [7, 11) is -4.24. The highest BCUT2D eigenvalue weighted by molar-refractivity contribution is 9.10. The Morgan fingerprint density at radius 3 is 2.68 bits per heavy atom. The molecule has 10 heteroatoms. The van der Waals surface area contributed by atoms with Crippen molar-refractivity contribution in [3.05, 3.63) is 21.4 Å². The molecule has 0 aliphatic rings. The van der Waals surface area contributed by atoms with Crippen LogP contribution in [-0.4, -0.2) is 37.9 Å². The van der Waals surface area contributed by atoms with Crippen LogP contribution in [-0.2, 0) is 10.0 Å². The second-order valence-corrected chi connectivity index (χ2v) is 6.52. The van der Waals surface area contributed by atoms with Gasteiger partial charge in [0.15, 0.2) is 5.82 Å². The topological polar surface area (TPSA) is 113 Å². The third kappa shape index (κ3) is 3.77. The van der Waals surface area contributed by atoms with E-state index in [1.807, 2.05) is 4.72 Å². The van der Waals surface area contributed by atoms with Gasteiger partial charge in [-0.15, -0.1) is 0 Å². The molecule has 1 rings (SSSR count). The van der Waals surface area contributed by atoms with Gasteiger partial charge in [-0.1, -0.05) is 11.6 Å². The first-order valence-corrected chi connectivity index (χ1v) is 7.57. The van der Waals surface area contributed by atoms with Crippen LogP contribution in [0.15, 0.2) is 15.4 Å². The number of halogens is 3. The molecular formula is C9H11BrClFN2O4S. The molecular weight excluding hydrogens is 367 g/mol. The number of aliphatic hydroxyl groups excluding tert-OH is 2. The molecule has 6 nitrogen and oxygen atoms in total. The van der Waals surface area contributed by atoms with E-state index in [4.69, 9.17) is 27.5 Å². The summed E-state index contributed by atoms with van der Waals surface area (Å²) in [6.45, 7) is -1.10. The highest BCUT2D eigenvalue weighted by Crippen LogP contribution is 2.34. The Morgan fingerprint density at radius 2 is 2.16 bits per heavy atom. The van der Waals surface area contributed by atoms with E-state index in [2.05, 4.69) is 15.9 Å². The maximum atomic E-state index is 13.8. The maximum absolute atomic E-state index is 13.8. The second-order valence-electron chi connectivity index (χ2n) is 3.59. The summed E-state index contributed by atoms with van der Waals surface area (Å²) in [4.78, 5) is -0.733. The summed E-state index contributed by atoms with van der Waals surface area (Å²) in [6.07, 6.45) is -1.29. The molecule has 0 radical (unpaired) electrons. The molecule has 1 atom stereocenters. The van der Waals surface area contributed by atoms with Crippen molar-refractivity contribution in [1.82, 2.24) is 4.72 Å². The number of aliphatic hydroxyl groups is 2. The molecule has 0 amide bonds. The normalized spacial score (nSPS) is 13.5. The van der Waals surface area contributed by atoms with Crippen molar-refractivity contribution in [1.29, 1.82) is 0 Å². The van der Waals surface area contributed by atoms with E-state index >= 15 is 0 Å². The van der Waals surface area contributed by atoms with E-state index in [9.17, 15) is 12.8 Å². The van der Waals surface area contributed by atoms with E-state index in [1.165, 1.54) is 0 Å². The number of benzene rings is 1. The van der Waals surface area contributed by atoms with Gasteiger partial charge in [-0.3, -0.25) is 0 Å². The fourth-order valence-electron chi connectivity index (χ4n) is 1.14. The molecule has 0 aliphatic heterocycles. The highest BCUT2D eigenvalue weighted by atomic mass is 79.9. The summed E-state index contributed by atoms with van der Waals surface area (Å²) in [6, 6.07) is 0.894. The van der Waals surface area contributed by atoms with Crippen LogP contribution in [0.25, 0.3) is 0 Å². The van der Waals surface area contributed by atoms with Crippen LogP contribution in [0, 0.1) is 5.82 Å². The predicted octanol–water partition coefficient (Wildman–Crippen LogP) is 0.455. The quantitative estimate of drug-likeness (QED) is 0.440. The average Bonchev–Trinajstić information content (AvgIpc) is 2.37. The molecule has 1 aromatic rings. The minimum absolute atomic E-state index is 0.0565. The van der Waals surface area contributed by atoms with Crippen LogP contribution < -0.4 is 10.5 Å². The first-order valence-electron chi connectivity index (χ1n) is 4.92. The predicted molar refractivity (Wildman–Crippen MR) is 71.8 cm³/mol. The minimum atomic E-state index is -4.24. The van der Waals surface area contributed by atoms with Gasteiger partial charge in [0.05, 0.1) is 27.9 Å². The number of nitrogen functional groups attached to an aromatic ring is 1. The Morgan fingerprint density at radius 1 is 1.58 bits per heavy atom. The zero-order valence-electron chi connectivity index (χ0n) is 9.40. The van der Waals surface area contributed by atoms with Gasteiger partial charge in [0.25, 0.3) is 0 Å². The third-order valence-corrected chi connectivity index (χ3v) is 4.97. The van der Waals surface area contributed by atoms with Gasteiger partial charge in [-0.2, -0.15) is 0 Å². The first-order chi connectivity index (χ1) is 8.70. The molecule has 0 heterocycles. The summed E-state index contributed by atoms with van der Waals surface area (Å²) in [5, 5.41) is 17.6. The maximum Gasteiger partial charge on any atom is 0.243 e. The van der Waals surface area contributed by atoms with Crippen LogP contribution >= 0.6 is 27.5 Å². The molecule has 19 heavy (non-hydrogen) atoms. The highest BCUT2D eigenvalue weighted by Gasteiger charge is 2.24. The average molecular weight is 378 g/mol. The number of hydrogen-bond acceptors (Lipinski definition) is 5. The van der Waals surface area contributed by atoms with Crippen molar-refractivity contribution >= 4 is 43.2 Å². The number of anilines is 1. The fourth-order valence-corrected chi connectivity index (χ4v) is 2.89. The lowest BCUT2D eigenvalue weighted by Gasteiger charge is -2.12. The van der Waals surface area contributed by atoms with Crippen LogP contribution in [0.2, 0.25) is 5.02 Å². The Labute approximate surface area is 122 Å². The molecule has 0 spiro atoms. The number of sulfonamides is 1. The molecule has 0 fully saturated rings. The fraction of sp³-hybridized carbons (Fsp3) is 0.333. The summed E-state index contributed by atoms with van der Waals surface area (Å²) in [5.41, 5.74) is 4.94. The van der Waals surface area contributed by atoms with Crippen LogP contribution in [0.5, 0.6) is 0 Å². The molecule has 0 saturated carbocycles. The number of rotatable bonds is 5. The zero-order chi connectivity index (χ0) is 14.8. The van der Waals surface area contributed by atoms with Crippen molar-refractivity contribution in [3.8, 4) is 0 Å². The van der Waals surface area contributed by atoms with Crippen molar-refractivity contribution < 1.29 is 23.0 Å². The smallest absolute Gasteiger partial charge is 0.243 e. The molecule has 0 bridgehead atoms. The zero-order valence-corrected chi connectivity index (χ0v) is 12.6. The Hall–Kier alpha value is -0.450. The number of hydrogen-bond donors (Lipinski definition) is 4. The van der Waals surface area contributed by atoms with Gasteiger partial charge in [-0.05, 0) is 22.0 Å². The van der Waals surface area contributed by atoms with Crippen LogP contribution in [0.3, 0.4) is 0 Å². The van der Waals surface area contributed by atoms with E-state index in [1.54, 1.807) is 0 Å². The van der Waals surface area contributed by atoms with Crippen molar-refractivity contribution in [3.63, 3.8) is 0 Å². The SMILES string of the molecule is Nc1c(F)c(S(=O)(=O)NCC(O)CO)cc(Cl)c1Br. The Balaban J connectivity index is 3.16. The second kappa shape index (κ2) is 6.33. The molecule has 0 saturated heterocycles. The van der Waals surface area contributed by atoms with Crippen molar-refractivity contribution in [2.75, 3.05) is 18.9 Å². The van der Waals surface area contributed by atoms with Gasteiger partial charge >= 0.3 is 0 Å². The van der Waals surface area contributed by atoms with Gasteiger partial charge in [0.2, 0.25) is 10.0 Å². The van der Waals surface area contributed by atoms with Gasteiger partial charge in [0.1, 0.15) is 4.90 Å². The van der Waals surface area contributed by atoms with E-state index in [0.717, 1.165) is 6.07 Å². The van der Waals surface area contributed by atoms with Crippen LogP contribution in [0.1, 0.15) is 0 Å². The van der Waals surface area contributed by atoms with E-state index < -0.39 is 45.7 Å². The van der Waals surface area contributed by atoms with Crippen molar-refractivity contribution in [2.24, 2.45) is 0 Å². The lowest BCUT2D eigenvalue weighted by molar-refractivity contribution is 0.0988. The summed E-state index contributed by atoms with van der Waals surface area (Å²) >= 11 is 8.63. The molecule has 1 unspecified atom stereocenters. The molecule has 0 aliphatic carbocycles. The first kappa shape index (κ1) is 16.6. The van der Waals surface area contributed by atoms with Gasteiger partial charge in [0, 0.05) is 6.54 Å². The lowest BCUT2D eigenvalue weighted by Crippen LogP contribution is -2.34. The lowest BCUT2D eigenvalue weighted by atomic mass is 10.3. The van der Waals surface area contributed by atoms with Gasteiger partial charge in [-0.25, -0.2) is 17.5 Å². The largest absolute Gasteiger partial charge is 0.395 e. The Bertz CT molecular complexity index is 584. The summed E-state index contributed by atoms with van der Waals surface area (Å²) < 4.78 is 39.4. The molecule has 108 valence electrons. The number of nitrogens with two attached hydrogens (primary N) is 1. The standard InChI is InChI=1S/C9H11BrClFN2O4S/c10-7-5(11)1-6(8(12)9(7)13)19(17,18)14-2-4(16)3-15/h1,4,14-16H,2-3,13H2. The molecule has 0 aromatic heterocycles. The van der Waals surface area contributed by atoms with Crippen molar-refractivity contribution in [2.45, 2.75) is 11.0 Å². The van der Waals surface area contributed by atoms with E-state index in [-0.39, 0.29) is 9.50 Å².